The van der Waals surface area contributed by atoms with E-state index in [1.807, 2.05) is 0 Å². The Labute approximate surface area is 120 Å². The quantitative estimate of drug-likeness (QED) is 0.800. The standard InChI is InChI=1S/C12H14ClNO4S/c1-17-12(16)11-8(6-9(13)19-11)18-7-10(15)14-4-2-3-5-14/h6H,2-5,7H2,1H3. The minimum absolute atomic E-state index is 0.0735. The first-order chi connectivity index (χ1) is 9.11. The lowest BCUT2D eigenvalue weighted by Crippen LogP contribution is -2.32. The number of methoxy groups -OCH3 is 1. The number of carbonyl (C=O) groups excluding carboxylic acids is 2. The van der Waals surface area contributed by atoms with Crippen molar-refractivity contribution >= 4 is 34.8 Å². The molecular weight excluding hydrogens is 290 g/mol. The summed E-state index contributed by atoms with van der Waals surface area (Å²) in [5, 5.41) is 0. The molecule has 1 fully saturated rings. The van der Waals surface area contributed by atoms with Gasteiger partial charge in [0.15, 0.2) is 11.5 Å². The predicted octanol–water partition coefficient (Wildman–Crippen LogP) is 2.19. The maximum atomic E-state index is 11.8. The third-order valence-corrected chi connectivity index (χ3v) is 4.07. The third-order valence-electron chi connectivity index (χ3n) is 2.85. The molecule has 1 aliphatic heterocycles. The molecule has 5 nitrogen and oxygen atoms in total. The molecule has 1 aromatic rings. The van der Waals surface area contributed by atoms with E-state index < -0.39 is 5.97 Å². The van der Waals surface area contributed by atoms with Crippen molar-refractivity contribution in [2.75, 3.05) is 26.8 Å². The molecule has 0 aliphatic carbocycles. The number of carbonyl (C=O) groups is 2. The summed E-state index contributed by atoms with van der Waals surface area (Å²) in [5.41, 5.74) is 0. The zero-order valence-corrected chi connectivity index (χ0v) is 12.1. The Hall–Kier alpha value is -1.27. The summed E-state index contributed by atoms with van der Waals surface area (Å²) < 4.78 is 10.4. The Bertz CT molecular complexity index is 482. The fourth-order valence-corrected chi connectivity index (χ4v) is 2.96. The van der Waals surface area contributed by atoms with Gasteiger partial charge in [-0.3, -0.25) is 4.79 Å². The summed E-state index contributed by atoms with van der Waals surface area (Å²) in [6, 6.07) is 1.52. The number of likely N-dealkylation sites (tertiary alicyclic amines) is 1. The highest BCUT2D eigenvalue weighted by molar-refractivity contribution is 7.18. The third kappa shape index (κ3) is 3.39. The second-order valence-corrected chi connectivity index (χ2v) is 5.80. The molecule has 0 spiro atoms. The molecule has 1 amide bonds. The van der Waals surface area contributed by atoms with Crippen molar-refractivity contribution in [3.8, 4) is 5.75 Å². The van der Waals surface area contributed by atoms with Crippen LogP contribution in [0.3, 0.4) is 0 Å². The maximum absolute atomic E-state index is 11.8. The van der Waals surface area contributed by atoms with Crippen LogP contribution in [0.15, 0.2) is 6.07 Å². The molecule has 0 N–H and O–H groups in total. The van der Waals surface area contributed by atoms with Crippen LogP contribution < -0.4 is 4.74 Å². The van der Waals surface area contributed by atoms with Crippen LogP contribution in [0.2, 0.25) is 4.34 Å². The van der Waals surface area contributed by atoms with Gasteiger partial charge < -0.3 is 14.4 Å². The number of thiophene rings is 1. The molecule has 0 unspecified atom stereocenters. The normalized spacial score (nSPS) is 14.5. The number of halogens is 1. The van der Waals surface area contributed by atoms with Gasteiger partial charge in [-0.05, 0) is 12.8 Å². The van der Waals surface area contributed by atoms with Crippen molar-refractivity contribution < 1.29 is 19.1 Å². The Morgan fingerprint density at radius 1 is 1.42 bits per heavy atom. The van der Waals surface area contributed by atoms with Crippen LogP contribution in [-0.2, 0) is 9.53 Å². The highest BCUT2D eigenvalue weighted by Gasteiger charge is 2.21. The molecule has 0 aromatic carbocycles. The predicted molar refractivity (Wildman–Crippen MR) is 72.0 cm³/mol. The Morgan fingerprint density at radius 2 is 2.11 bits per heavy atom. The average molecular weight is 304 g/mol. The maximum Gasteiger partial charge on any atom is 0.351 e. The van der Waals surface area contributed by atoms with E-state index in [9.17, 15) is 9.59 Å². The molecule has 2 rings (SSSR count). The van der Waals surface area contributed by atoms with Crippen molar-refractivity contribution in [3.63, 3.8) is 0 Å². The van der Waals surface area contributed by atoms with E-state index >= 15 is 0 Å². The first kappa shape index (κ1) is 14.1. The van der Waals surface area contributed by atoms with Gasteiger partial charge in [0, 0.05) is 19.2 Å². The average Bonchev–Trinajstić information content (AvgIpc) is 3.04. The van der Waals surface area contributed by atoms with Crippen LogP contribution in [-0.4, -0.2) is 43.6 Å². The van der Waals surface area contributed by atoms with E-state index in [1.54, 1.807) is 4.90 Å². The lowest BCUT2D eigenvalue weighted by molar-refractivity contribution is -0.132. The topological polar surface area (TPSA) is 55.8 Å². The van der Waals surface area contributed by atoms with E-state index in [0.717, 1.165) is 37.3 Å². The highest BCUT2D eigenvalue weighted by Crippen LogP contribution is 2.33. The number of amides is 1. The molecule has 0 saturated carbocycles. The monoisotopic (exact) mass is 303 g/mol. The molecule has 2 heterocycles. The fraction of sp³-hybridized carbons (Fsp3) is 0.500. The summed E-state index contributed by atoms with van der Waals surface area (Å²) >= 11 is 6.92. The molecular formula is C12H14ClNO4S. The molecule has 104 valence electrons. The van der Waals surface area contributed by atoms with Gasteiger partial charge in [0.05, 0.1) is 11.4 Å². The summed E-state index contributed by atoms with van der Waals surface area (Å²) in [6.07, 6.45) is 2.06. The molecule has 1 saturated heterocycles. The first-order valence-corrected chi connectivity index (χ1v) is 7.09. The summed E-state index contributed by atoms with van der Waals surface area (Å²) in [7, 11) is 1.29. The molecule has 7 heteroatoms. The first-order valence-electron chi connectivity index (χ1n) is 5.90. The van der Waals surface area contributed by atoms with Gasteiger partial charge in [0.1, 0.15) is 5.75 Å². The number of nitrogens with zero attached hydrogens (tertiary/aromatic N) is 1. The SMILES string of the molecule is COC(=O)c1sc(Cl)cc1OCC(=O)N1CCCC1. The van der Waals surface area contributed by atoms with Crippen molar-refractivity contribution in [1.82, 2.24) is 4.90 Å². The van der Waals surface area contributed by atoms with Crippen LogP contribution >= 0.6 is 22.9 Å². The Balaban J connectivity index is 1.98. The van der Waals surface area contributed by atoms with Gasteiger partial charge in [0.25, 0.3) is 5.91 Å². The minimum atomic E-state index is -0.513. The van der Waals surface area contributed by atoms with Gasteiger partial charge in [-0.25, -0.2) is 4.79 Å². The van der Waals surface area contributed by atoms with Gasteiger partial charge in [0.2, 0.25) is 0 Å². The van der Waals surface area contributed by atoms with Crippen molar-refractivity contribution in [2.45, 2.75) is 12.8 Å². The van der Waals surface area contributed by atoms with Crippen molar-refractivity contribution in [1.29, 1.82) is 0 Å². The van der Waals surface area contributed by atoms with Crippen LogP contribution in [0, 0.1) is 0 Å². The fourth-order valence-electron chi connectivity index (χ4n) is 1.89. The second-order valence-electron chi connectivity index (χ2n) is 4.11. The van der Waals surface area contributed by atoms with Crippen LogP contribution in [0.25, 0.3) is 0 Å². The van der Waals surface area contributed by atoms with Crippen molar-refractivity contribution in [3.05, 3.63) is 15.3 Å². The minimum Gasteiger partial charge on any atom is -0.482 e. The Morgan fingerprint density at radius 3 is 2.74 bits per heavy atom. The zero-order chi connectivity index (χ0) is 13.8. The largest absolute Gasteiger partial charge is 0.482 e. The number of hydrogen-bond acceptors (Lipinski definition) is 5. The van der Waals surface area contributed by atoms with E-state index in [-0.39, 0.29) is 17.4 Å². The number of rotatable bonds is 4. The smallest absolute Gasteiger partial charge is 0.351 e. The molecule has 1 aliphatic rings. The van der Waals surface area contributed by atoms with Crippen LogP contribution in [0.1, 0.15) is 22.5 Å². The van der Waals surface area contributed by atoms with Gasteiger partial charge in [-0.2, -0.15) is 0 Å². The van der Waals surface area contributed by atoms with E-state index in [2.05, 4.69) is 4.74 Å². The number of ether oxygens (including phenoxy) is 2. The zero-order valence-electron chi connectivity index (χ0n) is 10.5. The summed E-state index contributed by atoms with van der Waals surface area (Å²) in [5.74, 6) is -0.287. The number of hydrogen-bond donors (Lipinski definition) is 0. The lowest BCUT2D eigenvalue weighted by atomic mass is 10.4. The highest BCUT2D eigenvalue weighted by atomic mass is 35.5. The van der Waals surface area contributed by atoms with E-state index in [1.165, 1.54) is 13.2 Å². The molecule has 1 aromatic heterocycles. The van der Waals surface area contributed by atoms with E-state index in [4.69, 9.17) is 16.3 Å². The molecule has 0 radical (unpaired) electrons. The molecule has 19 heavy (non-hydrogen) atoms. The Kier molecular flexibility index (Phi) is 4.66. The van der Waals surface area contributed by atoms with Crippen LogP contribution in [0.4, 0.5) is 0 Å². The number of esters is 1. The lowest BCUT2D eigenvalue weighted by Gasteiger charge is -2.15. The second kappa shape index (κ2) is 6.25. The summed E-state index contributed by atoms with van der Waals surface area (Å²) in [4.78, 5) is 25.4. The molecule has 0 atom stereocenters. The van der Waals surface area contributed by atoms with E-state index in [0.29, 0.717) is 10.1 Å². The van der Waals surface area contributed by atoms with Gasteiger partial charge >= 0.3 is 5.97 Å². The van der Waals surface area contributed by atoms with Gasteiger partial charge in [-0.1, -0.05) is 11.6 Å². The van der Waals surface area contributed by atoms with Gasteiger partial charge in [-0.15, -0.1) is 11.3 Å². The van der Waals surface area contributed by atoms with Crippen LogP contribution in [0.5, 0.6) is 5.75 Å². The molecule has 0 bridgehead atoms. The van der Waals surface area contributed by atoms with Crippen molar-refractivity contribution in [2.24, 2.45) is 0 Å². The summed E-state index contributed by atoms with van der Waals surface area (Å²) in [6.45, 7) is 1.46.